The third-order valence-electron chi connectivity index (χ3n) is 3.23. The highest BCUT2D eigenvalue weighted by atomic mass is 79.9. The number of carbonyl (C=O) groups is 2. The van der Waals surface area contributed by atoms with E-state index >= 15 is 0 Å². The molecule has 4 nitrogen and oxygen atoms in total. The Hall–Kier alpha value is -2.35. The highest BCUT2D eigenvalue weighted by molar-refractivity contribution is 9.10. The number of anilines is 1. The molecule has 0 aliphatic heterocycles. The molecular weight excluding hydrogens is 403 g/mol. The van der Waals surface area contributed by atoms with Gasteiger partial charge in [0.25, 0.3) is 5.91 Å². The van der Waals surface area contributed by atoms with Crippen molar-refractivity contribution in [1.29, 1.82) is 0 Å². The summed E-state index contributed by atoms with van der Waals surface area (Å²) in [4.78, 5) is 23.7. The lowest BCUT2D eigenvalue weighted by Gasteiger charge is -2.14. The van der Waals surface area contributed by atoms with E-state index in [1.54, 1.807) is 24.3 Å². The van der Waals surface area contributed by atoms with Crippen molar-refractivity contribution in [2.24, 2.45) is 0 Å². The molecule has 0 radical (unpaired) electrons. The second kappa shape index (κ2) is 8.15. The number of rotatable bonds is 5. The number of halogens is 4. The second-order valence-electron chi connectivity index (χ2n) is 5.15. The Balaban J connectivity index is 1.94. The third-order valence-corrected chi connectivity index (χ3v) is 3.76. The summed E-state index contributed by atoms with van der Waals surface area (Å²) in [5.41, 5.74) is 0.146. The van der Waals surface area contributed by atoms with Gasteiger partial charge >= 0.3 is 5.97 Å². The lowest BCUT2D eigenvalue weighted by molar-refractivity contribution is -0.152. The van der Waals surface area contributed by atoms with Crippen LogP contribution in [0.2, 0.25) is 0 Å². The molecule has 0 aliphatic carbocycles. The molecule has 0 heterocycles. The number of carbonyl (C=O) groups excluding carboxylic acids is 2. The number of hydrogen-bond donors (Lipinski definition) is 1. The molecule has 1 unspecified atom stereocenters. The van der Waals surface area contributed by atoms with Crippen LogP contribution in [0.25, 0.3) is 0 Å². The fourth-order valence-corrected chi connectivity index (χ4v) is 2.18. The summed E-state index contributed by atoms with van der Waals surface area (Å²) >= 11 is 3.27. The van der Waals surface area contributed by atoms with Crippen LogP contribution in [0.3, 0.4) is 0 Å². The highest BCUT2D eigenvalue weighted by Gasteiger charge is 2.21. The molecule has 25 heavy (non-hydrogen) atoms. The van der Waals surface area contributed by atoms with Crippen LogP contribution in [0.5, 0.6) is 0 Å². The number of amides is 1. The zero-order valence-electron chi connectivity index (χ0n) is 13.0. The first-order valence-electron chi connectivity index (χ1n) is 7.16. The molecule has 0 bridgehead atoms. The third kappa shape index (κ3) is 5.06. The fraction of sp³-hybridized carbons (Fsp3) is 0.176. The van der Waals surface area contributed by atoms with Crippen molar-refractivity contribution in [3.8, 4) is 0 Å². The summed E-state index contributed by atoms with van der Waals surface area (Å²) in [5, 5.41) is 2.05. The van der Waals surface area contributed by atoms with Crippen LogP contribution >= 0.6 is 15.9 Å². The van der Waals surface area contributed by atoms with Gasteiger partial charge in [0.1, 0.15) is 0 Å². The van der Waals surface area contributed by atoms with Gasteiger partial charge in [-0.05, 0) is 36.8 Å². The van der Waals surface area contributed by atoms with Gasteiger partial charge in [-0.3, -0.25) is 9.59 Å². The average Bonchev–Trinajstić information content (AvgIpc) is 2.57. The van der Waals surface area contributed by atoms with E-state index in [0.717, 1.165) is 10.5 Å². The fourth-order valence-electron chi connectivity index (χ4n) is 1.92. The maximum absolute atomic E-state index is 13.5. The van der Waals surface area contributed by atoms with Crippen molar-refractivity contribution in [3.63, 3.8) is 0 Å². The first-order valence-corrected chi connectivity index (χ1v) is 7.95. The smallest absolute Gasteiger partial charge is 0.311 e. The highest BCUT2D eigenvalue weighted by Crippen LogP contribution is 2.20. The molecule has 0 aliphatic rings. The maximum Gasteiger partial charge on any atom is 0.311 e. The van der Waals surface area contributed by atoms with Gasteiger partial charge in [0.05, 0.1) is 12.1 Å². The molecule has 8 heteroatoms. The zero-order chi connectivity index (χ0) is 18.6. The van der Waals surface area contributed by atoms with E-state index in [9.17, 15) is 22.8 Å². The van der Waals surface area contributed by atoms with Gasteiger partial charge in [-0.15, -0.1) is 0 Å². The van der Waals surface area contributed by atoms with Crippen molar-refractivity contribution in [2.45, 2.75) is 19.4 Å². The largest absolute Gasteiger partial charge is 0.452 e. The van der Waals surface area contributed by atoms with Gasteiger partial charge in [0.2, 0.25) is 0 Å². The molecular formula is C17H13BrF3NO3. The van der Waals surface area contributed by atoms with Crippen LogP contribution in [0.4, 0.5) is 18.9 Å². The summed E-state index contributed by atoms with van der Waals surface area (Å²) in [5.74, 6) is -6.12. The molecule has 1 atom stereocenters. The van der Waals surface area contributed by atoms with E-state index in [4.69, 9.17) is 4.74 Å². The van der Waals surface area contributed by atoms with Gasteiger partial charge in [-0.2, -0.15) is 0 Å². The van der Waals surface area contributed by atoms with Crippen molar-refractivity contribution in [2.75, 3.05) is 5.32 Å². The number of esters is 1. The Labute approximate surface area is 150 Å². The molecule has 2 aromatic rings. The Morgan fingerprint density at radius 2 is 1.72 bits per heavy atom. The average molecular weight is 416 g/mol. The summed E-state index contributed by atoms with van der Waals surface area (Å²) < 4.78 is 45.3. The molecule has 132 valence electrons. The van der Waals surface area contributed by atoms with Gasteiger partial charge in [0.15, 0.2) is 23.6 Å². The van der Waals surface area contributed by atoms with Crippen LogP contribution in [-0.2, 0) is 20.7 Å². The predicted octanol–water partition coefficient (Wildman–Crippen LogP) is 3.98. The van der Waals surface area contributed by atoms with Crippen LogP contribution in [-0.4, -0.2) is 18.0 Å². The molecule has 1 N–H and O–H groups in total. The van der Waals surface area contributed by atoms with E-state index in [0.29, 0.717) is 11.6 Å². The summed E-state index contributed by atoms with van der Waals surface area (Å²) in [7, 11) is 0. The zero-order valence-corrected chi connectivity index (χ0v) is 14.6. The first kappa shape index (κ1) is 19.0. The molecule has 2 aromatic carbocycles. The summed E-state index contributed by atoms with van der Waals surface area (Å²) in [6.07, 6.45) is -1.29. The number of ether oxygens (including phenoxy) is 1. The quantitative estimate of drug-likeness (QED) is 0.593. The number of hydrogen-bond acceptors (Lipinski definition) is 3. The normalized spacial score (nSPS) is 11.7. The van der Waals surface area contributed by atoms with Gasteiger partial charge in [0, 0.05) is 4.47 Å². The molecule has 2 rings (SSSR count). The van der Waals surface area contributed by atoms with Crippen LogP contribution in [0, 0.1) is 17.5 Å². The van der Waals surface area contributed by atoms with E-state index in [-0.39, 0.29) is 6.42 Å². The minimum Gasteiger partial charge on any atom is -0.452 e. The molecule has 0 saturated carbocycles. The van der Waals surface area contributed by atoms with Gasteiger partial charge in [-0.25, -0.2) is 13.2 Å². The Morgan fingerprint density at radius 3 is 2.36 bits per heavy atom. The monoisotopic (exact) mass is 415 g/mol. The minimum absolute atomic E-state index is 0.0512. The summed E-state index contributed by atoms with van der Waals surface area (Å²) in [6.45, 7) is 1.28. The van der Waals surface area contributed by atoms with E-state index in [2.05, 4.69) is 21.2 Å². The second-order valence-corrected chi connectivity index (χ2v) is 6.06. The molecule has 1 amide bonds. The standard InChI is InChI=1S/C17H13BrF3NO3/c1-9(25-14(23)8-10-2-4-11(18)5-3-10)17(24)22-13-7-6-12(19)15(20)16(13)21/h2-7,9H,8H2,1H3,(H,22,24). The molecule has 0 saturated heterocycles. The number of nitrogens with one attached hydrogen (secondary N) is 1. The van der Waals surface area contributed by atoms with Gasteiger partial charge < -0.3 is 10.1 Å². The van der Waals surface area contributed by atoms with Crippen molar-refractivity contribution in [1.82, 2.24) is 0 Å². The minimum atomic E-state index is -1.70. The maximum atomic E-state index is 13.5. The topological polar surface area (TPSA) is 55.4 Å². The molecule has 0 aromatic heterocycles. The van der Waals surface area contributed by atoms with E-state index < -0.39 is 41.1 Å². The van der Waals surface area contributed by atoms with Crippen molar-refractivity contribution < 1.29 is 27.5 Å². The lowest BCUT2D eigenvalue weighted by Crippen LogP contribution is -2.31. The van der Waals surface area contributed by atoms with E-state index in [1.165, 1.54) is 6.92 Å². The Bertz CT molecular complexity index is 796. The van der Waals surface area contributed by atoms with E-state index in [1.807, 2.05) is 0 Å². The lowest BCUT2D eigenvalue weighted by atomic mass is 10.1. The Kier molecular flexibility index (Phi) is 6.19. The molecule has 0 fully saturated rings. The predicted molar refractivity (Wildman–Crippen MR) is 88.3 cm³/mol. The number of benzene rings is 2. The van der Waals surface area contributed by atoms with Crippen LogP contribution < -0.4 is 5.32 Å². The Morgan fingerprint density at radius 1 is 1.08 bits per heavy atom. The van der Waals surface area contributed by atoms with Crippen LogP contribution in [0.15, 0.2) is 40.9 Å². The van der Waals surface area contributed by atoms with Crippen molar-refractivity contribution in [3.05, 3.63) is 63.9 Å². The van der Waals surface area contributed by atoms with Gasteiger partial charge in [-0.1, -0.05) is 28.1 Å². The van der Waals surface area contributed by atoms with Crippen LogP contribution in [0.1, 0.15) is 12.5 Å². The van der Waals surface area contributed by atoms with Crippen molar-refractivity contribution >= 4 is 33.5 Å². The summed E-state index contributed by atoms with van der Waals surface area (Å²) in [6, 6.07) is 8.50. The SMILES string of the molecule is CC(OC(=O)Cc1ccc(Br)cc1)C(=O)Nc1ccc(F)c(F)c1F. The molecule has 0 spiro atoms. The first-order chi connectivity index (χ1) is 11.8.